The molecule has 1 heterocycles. The SMILES string of the molecule is COc1cc(C(=O)O/N=C(/C)N)c(Cl)c2c1C(=O)[C@@]1(O2)C(O)=CC(=O)C[C@H]1C. The van der Waals surface area contributed by atoms with Crippen molar-refractivity contribution in [2.75, 3.05) is 7.11 Å². The Kier molecular flexibility index (Phi) is 4.80. The van der Waals surface area contributed by atoms with Crippen LogP contribution in [0.15, 0.2) is 23.1 Å². The number of aliphatic hydroxyl groups is 1. The molecule has 0 aromatic heterocycles. The minimum absolute atomic E-state index is 0.00132. The van der Waals surface area contributed by atoms with Crippen molar-refractivity contribution in [3.05, 3.63) is 34.1 Å². The zero-order chi connectivity index (χ0) is 20.8. The summed E-state index contributed by atoms with van der Waals surface area (Å²) in [5.41, 5.74) is 3.31. The van der Waals surface area contributed by atoms with E-state index in [1.54, 1.807) is 6.92 Å². The van der Waals surface area contributed by atoms with E-state index in [-0.39, 0.29) is 45.7 Å². The molecule has 0 saturated heterocycles. The highest BCUT2D eigenvalue weighted by Gasteiger charge is 2.59. The first-order chi connectivity index (χ1) is 13.1. The van der Waals surface area contributed by atoms with Gasteiger partial charge in [-0.2, -0.15) is 0 Å². The number of rotatable bonds is 3. The minimum Gasteiger partial charge on any atom is -0.507 e. The molecule has 2 aliphatic rings. The minimum atomic E-state index is -1.82. The number of carbonyl (C=O) groups excluding carboxylic acids is 3. The third kappa shape index (κ3) is 2.78. The zero-order valence-corrected chi connectivity index (χ0v) is 16.0. The van der Waals surface area contributed by atoms with Gasteiger partial charge in [-0.25, -0.2) is 4.79 Å². The first-order valence-corrected chi connectivity index (χ1v) is 8.61. The van der Waals surface area contributed by atoms with Crippen molar-refractivity contribution in [3.8, 4) is 11.5 Å². The number of nitrogens with zero attached hydrogens (tertiary/aromatic N) is 1. The predicted octanol–water partition coefficient (Wildman–Crippen LogP) is 2.16. The van der Waals surface area contributed by atoms with Gasteiger partial charge >= 0.3 is 5.97 Å². The van der Waals surface area contributed by atoms with Gasteiger partial charge in [0.15, 0.2) is 11.5 Å². The molecule has 148 valence electrons. The smallest absolute Gasteiger partial charge is 0.367 e. The number of hydrogen-bond donors (Lipinski definition) is 2. The number of fused-ring (bicyclic) bond motifs is 1. The Balaban J connectivity index is 2.16. The van der Waals surface area contributed by atoms with E-state index >= 15 is 0 Å². The Morgan fingerprint density at radius 3 is 2.71 bits per heavy atom. The van der Waals surface area contributed by atoms with E-state index in [1.165, 1.54) is 20.1 Å². The number of allylic oxidation sites excluding steroid dienone is 1. The van der Waals surface area contributed by atoms with Crippen LogP contribution in [0.25, 0.3) is 0 Å². The number of nitrogens with two attached hydrogens (primary N) is 1. The van der Waals surface area contributed by atoms with Gasteiger partial charge in [-0.1, -0.05) is 23.7 Å². The number of amidine groups is 1. The third-order valence-corrected chi connectivity index (χ3v) is 4.98. The van der Waals surface area contributed by atoms with E-state index < -0.39 is 29.0 Å². The van der Waals surface area contributed by atoms with Crippen LogP contribution >= 0.6 is 11.6 Å². The number of carbonyl (C=O) groups is 3. The fourth-order valence-corrected chi connectivity index (χ4v) is 3.56. The van der Waals surface area contributed by atoms with E-state index in [4.69, 9.17) is 26.8 Å². The average Bonchev–Trinajstić information content (AvgIpc) is 2.94. The van der Waals surface area contributed by atoms with Crippen LogP contribution in [0, 0.1) is 5.92 Å². The van der Waals surface area contributed by atoms with Crippen LogP contribution in [0.4, 0.5) is 0 Å². The van der Waals surface area contributed by atoms with Crippen LogP contribution in [-0.2, 0) is 9.63 Å². The van der Waals surface area contributed by atoms with Gasteiger partial charge in [-0.3, -0.25) is 9.59 Å². The van der Waals surface area contributed by atoms with Crippen molar-refractivity contribution in [2.45, 2.75) is 25.9 Å². The summed E-state index contributed by atoms with van der Waals surface area (Å²) in [6.45, 7) is 3.02. The molecule has 0 amide bonds. The number of aliphatic hydroxyl groups excluding tert-OH is 1. The standard InChI is InChI=1S/C18H17ClN2O7/c1-7-4-9(22)5-12(23)18(7)16(24)13-11(26-3)6-10(14(19)15(13)27-18)17(25)28-21-8(2)20/h5-7,23H,4H2,1-3H3,(H2,20,21)/t7-,18+/m1/s1. The van der Waals surface area contributed by atoms with Crippen molar-refractivity contribution < 1.29 is 33.8 Å². The van der Waals surface area contributed by atoms with Crippen molar-refractivity contribution in [2.24, 2.45) is 16.8 Å². The van der Waals surface area contributed by atoms with Gasteiger partial charge in [-0.15, -0.1) is 0 Å². The van der Waals surface area contributed by atoms with Crippen LogP contribution in [-0.4, -0.2) is 41.2 Å². The van der Waals surface area contributed by atoms with Gasteiger partial charge in [-0.05, 0) is 13.0 Å². The third-order valence-electron chi connectivity index (χ3n) is 4.60. The van der Waals surface area contributed by atoms with Gasteiger partial charge in [0, 0.05) is 18.4 Å². The van der Waals surface area contributed by atoms with Crippen LogP contribution < -0.4 is 15.2 Å². The predicted molar refractivity (Wildman–Crippen MR) is 97.9 cm³/mol. The summed E-state index contributed by atoms with van der Waals surface area (Å²) in [4.78, 5) is 41.9. The Morgan fingerprint density at radius 2 is 2.14 bits per heavy atom. The molecule has 9 nitrogen and oxygen atoms in total. The zero-order valence-electron chi connectivity index (χ0n) is 15.2. The molecular weight excluding hydrogens is 392 g/mol. The molecule has 1 aromatic rings. The fraction of sp³-hybridized carbons (Fsp3) is 0.333. The van der Waals surface area contributed by atoms with Crippen molar-refractivity contribution in [3.63, 3.8) is 0 Å². The van der Waals surface area contributed by atoms with Crippen molar-refractivity contribution in [1.82, 2.24) is 0 Å². The van der Waals surface area contributed by atoms with Crippen LogP contribution in [0.2, 0.25) is 5.02 Å². The molecule has 28 heavy (non-hydrogen) atoms. The van der Waals surface area contributed by atoms with E-state index in [1.807, 2.05) is 0 Å². The molecule has 0 unspecified atom stereocenters. The van der Waals surface area contributed by atoms with Gasteiger partial charge in [0.05, 0.1) is 17.7 Å². The average molecular weight is 409 g/mol. The summed E-state index contributed by atoms with van der Waals surface area (Å²) in [6, 6.07) is 1.21. The second kappa shape index (κ2) is 6.83. The highest BCUT2D eigenvalue weighted by molar-refractivity contribution is 6.36. The van der Waals surface area contributed by atoms with Gasteiger partial charge in [0.1, 0.15) is 22.9 Å². The number of benzene rings is 1. The van der Waals surface area contributed by atoms with E-state index in [9.17, 15) is 19.5 Å². The first-order valence-electron chi connectivity index (χ1n) is 8.23. The second-order valence-electron chi connectivity index (χ2n) is 6.52. The fourth-order valence-electron chi connectivity index (χ4n) is 3.30. The molecule has 0 radical (unpaired) electrons. The number of hydrogen-bond acceptors (Lipinski definition) is 8. The van der Waals surface area contributed by atoms with E-state index in [2.05, 4.69) is 9.99 Å². The molecule has 10 heteroatoms. The number of halogens is 1. The summed E-state index contributed by atoms with van der Waals surface area (Å²) in [5.74, 6) is -3.23. The van der Waals surface area contributed by atoms with Crippen LogP contribution in [0.1, 0.15) is 41.0 Å². The quantitative estimate of drug-likeness (QED) is 0.336. The van der Waals surface area contributed by atoms with Gasteiger partial charge in [0.2, 0.25) is 11.4 Å². The Hall–Kier alpha value is -3.07. The lowest BCUT2D eigenvalue weighted by Crippen LogP contribution is -2.51. The lowest BCUT2D eigenvalue weighted by molar-refractivity contribution is -0.118. The normalized spacial score (nSPS) is 23.9. The molecule has 0 bridgehead atoms. The number of Topliss-reactive ketones (excluding diaryl/α,β-unsaturated/α-hetero) is 1. The molecule has 1 aliphatic carbocycles. The molecule has 1 aromatic carbocycles. The van der Waals surface area contributed by atoms with Gasteiger partial charge in [0.25, 0.3) is 0 Å². The summed E-state index contributed by atoms with van der Waals surface area (Å²) in [5, 5.41) is 13.6. The number of oxime groups is 1. The molecule has 3 rings (SSSR count). The highest BCUT2D eigenvalue weighted by atomic mass is 35.5. The topological polar surface area (TPSA) is 138 Å². The van der Waals surface area contributed by atoms with Gasteiger partial charge < -0.3 is 25.2 Å². The maximum Gasteiger partial charge on any atom is 0.367 e. The van der Waals surface area contributed by atoms with E-state index in [0.717, 1.165) is 6.08 Å². The molecule has 1 aliphatic heterocycles. The molecule has 0 fully saturated rings. The summed E-state index contributed by atoms with van der Waals surface area (Å²) in [6.07, 6.45) is 0.946. The Labute approximate surface area is 164 Å². The van der Waals surface area contributed by atoms with Crippen molar-refractivity contribution in [1.29, 1.82) is 0 Å². The Morgan fingerprint density at radius 1 is 1.46 bits per heavy atom. The molecule has 3 N–H and O–H groups in total. The lowest BCUT2D eigenvalue weighted by Gasteiger charge is -2.34. The van der Waals surface area contributed by atoms with Crippen LogP contribution in [0.5, 0.6) is 11.5 Å². The summed E-state index contributed by atoms with van der Waals surface area (Å²) >= 11 is 6.30. The maximum absolute atomic E-state index is 13.2. The molecule has 0 saturated carbocycles. The lowest BCUT2D eigenvalue weighted by atomic mass is 9.75. The Bertz CT molecular complexity index is 965. The van der Waals surface area contributed by atoms with E-state index in [0.29, 0.717) is 0 Å². The monoisotopic (exact) mass is 408 g/mol. The number of ketones is 2. The number of methoxy groups -OCH3 is 1. The van der Waals surface area contributed by atoms with Crippen molar-refractivity contribution >= 4 is 35.0 Å². The largest absolute Gasteiger partial charge is 0.507 e. The second-order valence-corrected chi connectivity index (χ2v) is 6.90. The summed E-state index contributed by atoms with van der Waals surface area (Å²) in [7, 11) is 1.29. The maximum atomic E-state index is 13.2. The first kappa shape index (κ1) is 19.7. The van der Waals surface area contributed by atoms with Crippen LogP contribution in [0.3, 0.4) is 0 Å². The summed E-state index contributed by atoms with van der Waals surface area (Å²) < 4.78 is 11.0. The molecule has 2 atom stereocenters. The molecule has 1 spiro atoms. The number of ether oxygens (including phenoxy) is 2. The molecular formula is C18H17ClN2O7. The highest BCUT2D eigenvalue weighted by Crippen LogP contribution is 2.52.